The number of anilines is 3. The van der Waals surface area contributed by atoms with E-state index in [2.05, 4.69) is 11.4 Å². The van der Waals surface area contributed by atoms with Crippen LogP contribution in [0.5, 0.6) is 11.5 Å². The summed E-state index contributed by atoms with van der Waals surface area (Å²) in [7, 11) is 3.11. The van der Waals surface area contributed by atoms with E-state index in [1.807, 2.05) is 18.2 Å². The van der Waals surface area contributed by atoms with Gasteiger partial charge in [0.05, 0.1) is 36.8 Å². The molecule has 0 amide bonds. The first kappa shape index (κ1) is 13.6. The van der Waals surface area contributed by atoms with Crippen molar-refractivity contribution in [3.05, 3.63) is 42.0 Å². The Morgan fingerprint density at radius 3 is 2.35 bits per heavy atom. The molecule has 0 saturated carbocycles. The van der Waals surface area contributed by atoms with Gasteiger partial charge in [0.1, 0.15) is 6.07 Å². The summed E-state index contributed by atoms with van der Waals surface area (Å²) in [4.78, 5) is 0. The molecule has 5 nitrogen and oxygen atoms in total. The Hall–Kier alpha value is -2.87. The highest BCUT2D eigenvalue weighted by atomic mass is 16.5. The van der Waals surface area contributed by atoms with Gasteiger partial charge in [0, 0.05) is 12.1 Å². The van der Waals surface area contributed by atoms with Crippen LogP contribution in [0.1, 0.15) is 5.56 Å². The number of rotatable bonds is 4. The summed E-state index contributed by atoms with van der Waals surface area (Å²) in [6.45, 7) is 0. The monoisotopic (exact) mass is 269 g/mol. The molecular weight excluding hydrogens is 254 g/mol. The van der Waals surface area contributed by atoms with Gasteiger partial charge in [-0.3, -0.25) is 0 Å². The first-order chi connectivity index (χ1) is 9.69. The number of benzene rings is 2. The third-order valence-electron chi connectivity index (χ3n) is 2.87. The second-order valence-corrected chi connectivity index (χ2v) is 4.08. The lowest BCUT2D eigenvalue weighted by Gasteiger charge is -2.14. The number of para-hydroxylation sites is 1. The average Bonchev–Trinajstić information content (AvgIpc) is 2.49. The van der Waals surface area contributed by atoms with Gasteiger partial charge in [0.25, 0.3) is 0 Å². The van der Waals surface area contributed by atoms with E-state index < -0.39 is 0 Å². The summed E-state index contributed by atoms with van der Waals surface area (Å²) in [5, 5.41) is 12.2. The summed E-state index contributed by atoms with van der Waals surface area (Å²) < 4.78 is 10.4. The zero-order valence-electron chi connectivity index (χ0n) is 11.3. The smallest absolute Gasteiger partial charge is 0.162 e. The molecule has 0 aromatic heterocycles. The number of nitrogens with one attached hydrogen (secondary N) is 1. The van der Waals surface area contributed by atoms with Crippen molar-refractivity contribution in [3.63, 3.8) is 0 Å². The molecule has 2 aromatic carbocycles. The quantitative estimate of drug-likeness (QED) is 0.834. The number of hydrogen-bond donors (Lipinski definition) is 2. The predicted octanol–water partition coefficient (Wildman–Crippen LogP) is 2.90. The van der Waals surface area contributed by atoms with E-state index in [1.165, 1.54) is 0 Å². The molecule has 0 spiro atoms. The Morgan fingerprint density at radius 2 is 1.70 bits per heavy atom. The molecule has 3 N–H and O–H groups in total. The van der Waals surface area contributed by atoms with E-state index in [4.69, 9.17) is 20.5 Å². The first-order valence-electron chi connectivity index (χ1n) is 5.97. The van der Waals surface area contributed by atoms with Gasteiger partial charge in [0.2, 0.25) is 0 Å². The maximum absolute atomic E-state index is 9.08. The summed E-state index contributed by atoms with van der Waals surface area (Å²) in [5.74, 6) is 1.13. The van der Waals surface area contributed by atoms with Crippen LogP contribution in [-0.4, -0.2) is 14.2 Å². The van der Waals surface area contributed by atoms with Gasteiger partial charge in [-0.2, -0.15) is 5.26 Å². The largest absolute Gasteiger partial charge is 0.493 e. The molecule has 0 aliphatic rings. The summed E-state index contributed by atoms with van der Waals surface area (Å²) in [6.07, 6.45) is 0. The molecule has 2 aromatic rings. The SMILES string of the molecule is COc1cc(N)c(Nc2ccccc2C#N)cc1OC. The molecule has 20 heavy (non-hydrogen) atoms. The number of hydrogen-bond acceptors (Lipinski definition) is 5. The van der Waals surface area contributed by atoms with Crippen LogP contribution in [0.3, 0.4) is 0 Å². The lowest BCUT2D eigenvalue weighted by molar-refractivity contribution is 0.355. The van der Waals surface area contributed by atoms with E-state index in [0.717, 1.165) is 0 Å². The zero-order chi connectivity index (χ0) is 14.5. The Kier molecular flexibility index (Phi) is 3.96. The van der Waals surface area contributed by atoms with Gasteiger partial charge in [-0.25, -0.2) is 0 Å². The number of nitrogen functional groups attached to an aromatic ring is 1. The van der Waals surface area contributed by atoms with Gasteiger partial charge in [-0.15, -0.1) is 0 Å². The fourth-order valence-electron chi connectivity index (χ4n) is 1.84. The lowest BCUT2D eigenvalue weighted by atomic mass is 10.1. The fourth-order valence-corrected chi connectivity index (χ4v) is 1.84. The highest BCUT2D eigenvalue weighted by Gasteiger charge is 2.10. The Balaban J connectivity index is 2.41. The summed E-state index contributed by atoms with van der Waals surface area (Å²) in [6, 6.07) is 12.7. The molecule has 5 heteroatoms. The van der Waals surface area contributed by atoms with Crippen LogP contribution in [0, 0.1) is 11.3 Å². The van der Waals surface area contributed by atoms with Gasteiger partial charge in [-0.1, -0.05) is 12.1 Å². The van der Waals surface area contributed by atoms with Crippen molar-refractivity contribution in [1.82, 2.24) is 0 Å². The third kappa shape index (κ3) is 2.59. The molecule has 2 rings (SSSR count). The average molecular weight is 269 g/mol. The number of ether oxygens (including phenoxy) is 2. The van der Waals surface area contributed by atoms with Crippen molar-refractivity contribution >= 4 is 17.1 Å². The topological polar surface area (TPSA) is 80.3 Å². The van der Waals surface area contributed by atoms with Gasteiger partial charge < -0.3 is 20.5 Å². The van der Waals surface area contributed by atoms with Crippen molar-refractivity contribution in [3.8, 4) is 17.6 Å². The van der Waals surface area contributed by atoms with Crippen LogP contribution in [0.2, 0.25) is 0 Å². The highest BCUT2D eigenvalue weighted by Crippen LogP contribution is 2.36. The molecule has 0 fully saturated rings. The summed E-state index contributed by atoms with van der Waals surface area (Å²) in [5.41, 5.74) is 8.38. The van der Waals surface area contributed by atoms with Crippen LogP contribution < -0.4 is 20.5 Å². The number of nitrogens with two attached hydrogens (primary N) is 1. The van der Waals surface area contributed by atoms with Crippen LogP contribution in [0.4, 0.5) is 17.1 Å². The number of nitrogens with zero attached hydrogens (tertiary/aromatic N) is 1. The van der Waals surface area contributed by atoms with Crippen LogP contribution in [0.25, 0.3) is 0 Å². The van der Waals surface area contributed by atoms with Gasteiger partial charge in [-0.05, 0) is 12.1 Å². The maximum atomic E-state index is 9.08. The molecule has 0 saturated heterocycles. The molecule has 0 heterocycles. The van der Waals surface area contributed by atoms with E-state index in [-0.39, 0.29) is 0 Å². The minimum Gasteiger partial charge on any atom is -0.493 e. The highest BCUT2D eigenvalue weighted by molar-refractivity contribution is 5.78. The van der Waals surface area contributed by atoms with E-state index in [1.54, 1.807) is 32.4 Å². The van der Waals surface area contributed by atoms with Crippen LogP contribution >= 0.6 is 0 Å². The predicted molar refractivity (Wildman–Crippen MR) is 78.4 cm³/mol. The normalized spacial score (nSPS) is 9.65. The van der Waals surface area contributed by atoms with Gasteiger partial charge in [0.15, 0.2) is 11.5 Å². The molecule has 0 aliphatic heterocycles. The van der Waals surface area contributed by atoms with Crippen molar-refractivity contribution in [2.45, 2.75) is 0 Å². The molecule has 0 unspecified atom stereocenters. The minimum atomic E-state index is 0.510. The zero-order valence-corrected chi connectivity index (χ0v) is 11.3. The molecular formula is C15H15N3O2. The second kappa shape index (κ2) is 5.85. The number of nitriles is 1. The fraction of sp³-hybridized carbons (Fsp3) is 0.133. The number of methoxy groups -OCH3 is 2. The first-order valence-corrected chi connectivity index (χ1v) is 5.97. The molecule has 0 bridgehead atoms. The van der Waals surface area contributed by atoms with Crippen LogP contribution in [0.15, 0.2) is 36.4 Å². The standard InChI is InChI=1S/C15H15N3O2/c1-19-14-7-11(17)13(8-15(14)20-2)18-12-6-4-3-5-10(12)9-16/h3-8,18H,17H2,1-2H3. The second-order valence-electron chi connectivity index (χ2n) is 4.08. The maximum Gasteiger partial charge on any atom is 0.162 e. The van der Waals surface area contributed by atoms with Crippen molar-refractivity contribution in [2.75, 3.05) is 25.3 Å². The summed E-state index contributed by atoms with van der Waals surface area (Å²) >= 11 is 0. The molecule has 0 atom stereocenters. The van der Waals surface area contributed by atoms with Crippen molar-refractivity contribution < 1.29 is 9.47 Å². The third-order valence-corrected chi connectivity index (χ3v) is 2.87. The van der Waals surface area contributed by atoms with Crippen LogP contribution in [-0.2, 0) is 0 Å². The Bertz CT molecular complexity index is 663. The molecule has 0 radical (unpaired) electrons. The Labute approximate surface area is 117 Å². The molecule has 0 aliphatic carbocycles. The molecule has 102 valence electrons. The van der Waals surface area contributed by atoms with E-state index >= 15 is 0 Å². The van der Waals surface area contributed by atoms with Gasteiger partial charge >= 0.3 is 0 Å². The minimum absolute atomic E-state index is 0.510. The lowest BCUT2D eigenvalue weighted by Crippen LogP contribution is -2.00. The Morgan fingerprint density at radius 1 is 1.05 bits per heavy atom. The van der Waals surface area contributed by atoms with E-state index in [0.29, 0.717) is 34.1 Å². The van der Waals surface area contributed by atoms with Crippen molar-refractivity contribution in [1.29, 1.82) is 5.26 Å². The van der Waals surface area contributed by atoms with E-state index in [9.17, 15) is 0 Å². The van der Waals surface area contributed by atoms with Crippen molar-refractivity contribution in [2.24, 2.45) is 0 Å².